The van der Waals surface area contributed by atoms with Crippen LogP contribution in [-0.2, 0) is 6.42 Å². The summed E-state index contributed by atoms with van der Waals surface area (Å²) in [6.07, 6.45) is 12.3. The highest BCUT2D eigenvalue weighted by molar-refractivity contribution is 5.08. The molecule has 0 aliphatic carbocycles. The first-order chi connectivity index (χ1) is 8.76. The van der Waals surface area contributed by atoms with Crippen LogP contribution in [-0.4, -0.2) is 11.0 Å². The molecule has 0 bridgehead atoms. The Balaban J connectivity index is 2.25. The number of hydrogen-bond acceptors (Lipinski definition) is 2. The van der Waals surface area contributed by atoms with Gasteiger partial charge in [0.1, 0.15) is 0 Å². The van der Waals surface area contributed by atoms with E-state index < -0.39 is 0 Å². The van der Waals surface area contributed by atoms with Crippen molar-refractivity contribution in [3.8, 4) is 0 Å². The van der Waals surface area contributed by atoms with Gasteiger partial charge in [-0.15, -0.1) is 0 Å². The summed E-state index contributed by atoms with van der Waals surface area (Å²) in [7, 11) is 0. The van der Waals surface area contributed by atoms with Crippen molar-refractivity contribution in [3.63, 3.8) is 0 Å². The minimum absolute atomic E-state index is 0.340. The molecular weight excluding hydrogens is 220 g/mol. The molecule has 0 aliphatic rings. The first-order valence-electron chi connectivity index (χ1n) is 7.40. The van der Waals surface area contributed by atoms with Crippen LogP contribution in [0.15, 0.2) is 24.5 Å². The number of pyridine rings is 1. The molecule has 0 amide bonds. The molecule has 102 valence electrons. The lowest BCUT2D eigenvalue weighted by molar-refractivity contribution is 0.375. The van der Waals surface area contributed by atoms with Crippen LogP contribution in [0.2, 0.25) is 0 Å². The molecule has 0 fully saturated rings. The lowest BCUT2D eigenvalue weighted by atomic mass is 9.90. The van der Waals surface area contributed by atoms with Gasteiger partial charge in [0, 0.05) is 18.4 Å². The van der Waals surface area contributed by atoms with E-state index in [4.69, 9.17) is 5.73 Å². The van der Waals surface area contributed by atoms with Crippen molar-refractivity contribution < 1.29 is 0 Å². The standard InChI is InChI=1S/C16H28N2/c1-3-5-7-14(4-2)12-16(17)10-9-15-8-6-11-18-13-15/h6,8,11,13-14,16H,3-5,7,9-10,12,17H2,1-2H3. The molecule has 1 rings (SSSR count). The smallest absolute Gasteiger partial charge is 0.0299 e. The number of nitrogens with two attached hydrogens (primary N) is 1. The number of unbranched alkanes of at least 4 members (excludes halogenated alkanes) is 1. The van der Waals surface area contributed by atoms with Crippen molar-refractivity contribution in [1.29, 1.82) is 0 Å². The van der Waals surface area contributed by atoms with E-state index >= 15 is 0 Å². The average molecular weight is 248 g/mol. The molecule has 1 heterocycles. The molecule has 1 aromatic heterocycles. The second kappa shape index (κ2) is 9.09. The maximum atomic E-state index is 6.25. The molecule has 2 heteroatoms. The van der Waals surface area contributed by atoms with Gasteiger partial charge in [-0.3, -0.25) is 4.98 Å². The summed E-state index contributed by atoms with van der Waals surface area (Å²) in [5, 5.41) is 0. The number of nitrogens with zero attached hydrogens (tertiary/aromatic N) is 1. The summed E-state index contributed by atoms with van der Waals surface area (Å²) in [6.45, 7) is 4.54. The zero-order valence-electron chi connectivity index (χ0n) is 11.9. The Kier molecular flexibility index (Phi) is 7.66. The molecule has 2 nitrogen and oxygen atoms in total. The van der Waals surface area contributed by atoms with Gasteiger partial charge < -0.3 is 5.73 Å². The maximum Gasteiger partial charge on any atom is 0.0299 e. The fourth-order valence-electron chi connectivity index (χ4n) is 2.43. The third-order valence-electron chi connectivity index (χ3n) is 3.71. The first-order valence-corrected chi connectivity index (χ1v) is 7.40. The predicted molar refractivity (Wildman–Crippen MR) is 78.5 cm³/mol. The van der Waals surface area contributed by atoms with Crippen LogP contribution in [0.5, 0.6) is 0 Å². The van der Waals surface area contributed by atoms with Gasteiger partial charge in [0.05, 0.1) is 0 Å². The van der Waals surface area contributed by atoms with Crippen molar-refractivity contribution in [2.24, 2.45) is 11.7 Å². The molecular formula is C16H28N2. The van der Waals surface area contributed by atoms with Gasteiger partial charge in [-0.1, -0.05) is 45.6 Å². The van der Waals surface area contributed by atoms with Gasteiger partial charge in [0.2, 0.25) is 0 Å². The number of rotatable bonds is 9. The average Bonchev–Trinajstić information content (AvgIpc) is 2.42. The molecule has 2 atom stereocenters. The van der Waals surface area contributed by atoms with Crippen LogP contribution in [0.3, 0.4) is 0 Å². The van der Waals surface area contributed by atoms with Crippen molar-refractivity contribution >= 4 is 0 Å². The summed E-state index contributed by atoms with van der Waals surface area (Å²) >= 11 is 0. The van der Waals surface area contributed by atoms with Crippen molar-refractivity contribution in [3.05, 3.63) is 30.1 Å². The lowest BCUT2D eigenvalue weighted by Gasteiger charge is -2.19. The largest absolute Gasteiger partial charge is 0.328 e. The van der Waals surface area contributed by atoms with Gasteiger partial charge in [0.25, 0.3) is 0 Å². The van der Waals surface area contributed by atoms with Crippen LogP contribution >= 0.6 is 0 Å². The topological polar surface area (TPSA) is 38.9 Å². The molecule has 18 heavy (non-hydrogen) atoms. The zero-order valence-corrected chi connectivity index (χ0v) is 11.9. The maximum absolute atomic E-state index is 6.25. The molecule has 0 aliphatic heterocycles. The van der Waals surface area contributed by atoms with E-state index in [1.54, 1.807) is 0 Å². The molecule has 2 unspecified atom stereocenters. The van der Waals surface area contributed by atoms with E-state index in [-0.39, 0.29) is 0 Å². The highest BCUT2D eigenvalue weighted by Crippen LogP contribution is 2.19. The Morgan fingerprint density at radius 2 is 2.11 bits per heavy atom. The van der Waals surface area contributed by atoms with E-state index in [9.17, 15) is 0 Å². The molecule has 0 aromatic carbocycles. The van der Waals surface area contributed by atoms with Crippen LogP contribution in [0.25, 0.3) is 0 Å². The monoisotopic (exact) mass is 248 g/mol. The first kappa shape index (κ1) is 15.2. The molecule has 0 saturated carbocycles. The third-order valence-corrected chi connectivity index (χ3v) is 3.71. The summed E-state index contributed by atoms with van der Waals surface area (Å²) < 4.78 is 0. The highest BCUT2D eigenvalue weighted by Gasteiger charge is 2.11. The van der Waals surface area contributed by atoms with Crippen LogP contribution in [0.1, 0.15) is 57.9 Å². The summed E-state index contributed by atoms with van der Waals surface area (Å²) in [5.74, 6) is 0.814. The summed E-state index contributed by atoms with van der Waals surface area (Å²) in [6, 6.07) is 4.47. The minimum Gasteiger partial charge on any atom is -0.328 e. The second-order valence-corrected chi connectivity index (χ2v) is 5.31. The normalized spacial score (nSPS) is 14.4. The molecule has 0 spiro atoms. The Labute approximate surface area is 112 Å². The Morgan fingerprint density at radius 3 is 2.72 bits per heavy atom. The van der Waals surface area contributed by atoms with Crippen molar-refractivity contribution in [1.82, 2.24) is 4.98 Å². The van der Waals surface area contributed by atoms with Gasteiger partial charge in [0.15, 0.2) is 0 Å². The fourth-order valence-corrected chi connectivity index (χ4v) is 2.43. The SMILES string of the molecule is CCCCC(CC)CC(N)CCc1cccnc1. The molecule has 0 radical (unpaired) electrons. The number of aryl methyl sites for hydroxylation is 1. The minimum atomic E-state index is 0.340. The van der Waals surface area contributed by atoms with Gasteiger partial charge in [-0.05, 0) is 36.8 Å². The van der Waals surface area contributed by atoms with Crippen molar-refractivity contribution in [2.75, 3.05) is 0 Å². The van der Waals surface area contributed by atoms with E-state index in [1.807, 2.05) is 18.5 Å². The number of hydrogen-bond donors (Lipinski definition) is 1. The fraction of sp³-hybridized carbons (Fsp3) is 0.688. The Bertz CT molecular complexity index is 297. The summed E-state index contributed by atoms with van der Waals surface area (Å²) in [4.78, 5) is 4.14. The van der Waals surface area contributed by atoms with Gasteiger partial charge in [-0.2, -0.15) is 0 Å². The Morgan fingerprint density at radius 1 is 1.28 bits per heavy atom. The van der Waals surface area contributed by atoms with E-state index in [0.29, 0.717) is 6.04 Å². The molecule has 1 aromatic rings. The Hall–Kier alpha value is -0.890. The quantitative estimate of drug-likeness (QED) is 0.718. The molecule has 0 saturated heterocycles. The van der Waals surface area contributed by atoms with Crippen LogP contribution in [0.4, 0.5) is 0 Å². The van der Waals surface area contributed by atoms with Crippen LogP contribution < -0.4 is 5.73 Å². The van der Waals surface area contributed by atoms with Gasteiger partial charge in [-0.25, -0.2) is 0 Å². The van der Waals surface area contributed by atoms with Crippen LogP contribution in [0, 0.1) is 5.92 Å². The zero-order chi connectivity index (χ0) is 13.2. The van der Waals surface area contributed by atoms with E-state index in [2.05, 4.69) is 24.9 Å². The van der Waals surface area contributed by atoms with E-state index in [0.717, 1.165) is 18.8 Å². The van der Waals surface area contributed by atoms with Gasteiger partial charge >= 0.3 is 0 Å². The molecule has 2 N–H and O–H groups in total. The number of aromatic nitrogens is 1. The van der Waals surface area contributed by atoms with E-state index in [1.165, 1.54) is 37.7 Å². The highest BCUT2D eigenvalue weighted by atomic mass is 14.6. The third kappa shape index (κ3) is 6.15. The summed E-state index contributed by atoms with van der Waals surface area (Å²) in [5.41, 5.74) is 7.55. The predicted octanol–water partition coefficient (Wildman–Crippen LogP) is 3.95. The second-order valence-electron chi connectivity index (χ2n) is 5.31. The van der Waals surface area contributed by atoms with Crippen molar-refractivity contribution in [2.45, 2.75) is 64.8 Å². The lowest BCUT2D eigenvalue weighted by Crippen LogP contribution is -2.24.